The fourth-order valence-electron chi connectivity index (χ4n) is 7.76. The molecule has 0 aromatic rings. The van der Waals surface area contributed by atoms with Crippen LogP contribution in [0.5, 0.6) is 0 Å². The van der Waals surface area contributed by atoms with Gasteiger partial charge in [-0.25, -0.2) is 0 Å². The molecule has 1 heterocycles. The van der Waals surface area contributed by atoms with E-state index in [1.807, 2.05) is 115 Å². The first-order valence-corrected chi connectivity index (χ1v) is 17.1. The van der Waals surface area contributed by atoms with E-state index in [4.69, 9.17) is 9.47 Å². The maximum absolute atomic E-state index is 13.1. The van der Waals surface area contributed by atoms with Crippen LogP contribution >= 0.6 is 0 Å². The van der Waals surface area contributed by atoms with E-state index in [1.54, 1.807) is 6.92 Å². The summed E-state index contributed by atoms with van der Waals surface area (Å²) < 4.78 is 11.6. The van der Waals surface area contributed by atoms with Gasteiger partial charge in [-0.2, -0.15) is 0 Å². The number of epoxide rings is 1. The smallest absolute Gasteiger partial charge is 0.302 e. The van der Waals surface area contributed by atoms with Crippen molar-refractivity contribution in [3.63, 3.8) is 0 Å². The molecule has 3 rings (SSSR count). The third kappa shape index (κ3) is 9.66. The number of carbonyl (C=O) groups is 2. The highest BCUT2D eigenvalue weighted by atomic mass is 16.6. The quantitative estimate of drug-likeness (QED) is 0.0758. The fourth-order valence-corrected chi connectivity index (χ4v) is 7.76. The van der Waals surface area contributed by atoms with Crippen LogP contribution in [-0.2, 0) is 19.1 Å². The highest BCUT2D eigenvalue weighted by Crippen LogP contribution is 2.67. The summed E-state index contributed by atoms with van der Waals surface area (Å²) in [5.74, 6) is -0.244. The molecule has 6 nitrogen and oxygen atoms in total. The van der Waals surface area contributed by atoms with Crippen molar-refractivity contribution in [2.75, 3.05) is 0 Å². The Labute approximate surface area is 289 Å². The highest BCUT2D eigenvalue weighted by Gasteiger charge is 2.76. The van der Waals surface area contributed by atoms with Crippen molar-refractivity contribution in [2.24, 2.45) is 10.8 Å². The summed E-state index contributed by atoms with van der Waals surface area (Å²) in [6.45, 7) is 21.4. The molecule has 0 aromatic heterocycles. The Balaban J connectivity index is 1.54. The van der Waals surface area contributed by atoms with Gasteiger partial charge in [0, 0.05) is 31.8 Å². The molecule has 2 aliphatic carbocycles. The van der Waals surface area contributed by atoms with E-state index in [1.165, 1.54) is 6.92 Å². The highest BCUT2D eigenvalue weighted by molar-refractivity contribution is 5.96. The van der Waals surface area contributed by atoms with Gasteiger partial charge in [-0.1, -0.05) is 99.6 Å². The Bertz CT molecular complexity index is 1510. The van der Waals surface area contributed by atoms with Gasteiger partial charge in [0.1, 0.15) is 11.7 Å². The molecule has 0 bridgehead atoms. The molecule has 1 saturated heterocycles. The average Bonchev–Trinajstić information content (AvgIpc) is 3.53. The molecule has 0 spiro atoms. The number of fused-ring (bicyclic) bond motifs is 1. The van der Waals surface area contributed by atoms with Crippen LogP contribution in [0.25, 0.3) is 0 Å². The zero-order chi connectivity index (χ0) is 36.1. The van der Waals surface area contributed by atoms with Gasteiger partial charge in [-0.05, 0) is 82.4 Å². The van der Waals surface area contributed by atoms with Gasteiger partial charge >= 0.3 is 5.97 Å². The average molecular weight is 659 g/mol. The van der Waals surface area contributed by atoms with Crippen LogP contribution in [-0.4, -0.2) is 51.0 Å². The largest absolute Gasteiger partial charge is 0.462 e. The predicted molar refractivity (Wildman–Crippen MR) is 194 cm³/mol. The topological polar surface area (TPSA) is 96.4 Å². The standard InChI is InChI=1S/C42H58O6/c1-29(18-14-19-31(3)22-23-37-38(6,7)26-35(47-33(5)43)27-40(37,10)46)16-12-13-17-30(2)20-15-21-32(4)36(45)28-42-39(8,9)24-34(44)25-41(42,11)48-42/h12-22,34-35,44,46H,24-28H2,1-11H3/b13-12+,18-14+,20-15+,29-16+,30-17+,31-19+,32-21+/t23?,34-,35?,40+,41+,42-/m0/s1. The van der Waals surface area contributed by atoms with Gasteiger partial charge in [0.15, 0.2) is 5.78 Å². The second kappa shape index (κ2) is 15.1. The van der Waals surface area contributed by atoms with Crippen LogP contribution in [0.4, 0.5) is 0 Å². The first-order chi connectivity index (χ1) is 22.1. The van der Waals surface area contributed by atoms with Gasteiger partial charge in [0.25, 0.3) is 0 Å². The lowest BCUT2D eigenvalue weighted by Crippen LogP contribution is -2.48. The van der Waals surface area contributed by atoms with Crippen LogP contribution < -0.4 is 0 Å². The van der Waals surface area contributed by atoms with Crippen molar-refractivity contribution in [3.8, 4) is 0 Å². The maximum atomic E-state index is 13.1. The summed E-state index contributed by atoms with van der Waals surface area (Å²) in [7, 11) is 0. The molecule has 5 atom stereocenters. The molecule has 48 heavy (non-hydrogen) atoms. The Morgan fingerprint density at radius 3 is 1.92 bits per heavy atom. The van der Waals surface area contributed by atoms with Crippen molar-refractivity contribution < 1.29 is 29.3 Å². The summed E-state index contributed by atoms with van der Waals surface area (Å²) in [6, 6.07) is 0. The molecule has 3 aliphatic rings. The molecular formula is C42H58O6. The number of aliphatic hydroxyl groups is 2. The van der Waals surface area contributed by atoms with E-state index in [9.17, 15) is 19.8 Å². The lowest BCUT2D eigenvalue weighted by molar-refractivity contribution is -0.152. The summed E-state index contributed by atoms with van der Waals surface area (Å²) in [5, 5.41) is 21.4. The van der Waals surface area contributed by atoms with Gasteiger partial charge in [-0.3, -0.25) is 9.59 Å². The van der Waals surface area contributed by atoms with Crippen molar-refractivity contribution in [1.29, 1.82) is 0 Å². The zero-order valence-corrected chi connectivity index (χ0v) is 31.1. The number of hydrogen-bond acceptors (Lipinski definition) is 6. The second-order valence-corrected chi connectivity index (χ2v) is 15.9. The molecule has 2 N–H and O–H groups in total. The molecule has 262 valence electrons. The lowest BCUT2D eigenvalue weighted by atomic mass is 9.61. The number of rotatable bonds is 11. The molecule has 3 fully saturated rings. The van der Waals surface area contributed by atoms with E-state index in [0.717, 1.165) is 22.3 Å². The van der Waals surface area contributed by atoms with E-state index in [-0.39, 0.29) is 34.8 Å². The Morgan fingerprint density at radius 1 is 0.812 bits per heavy atom. The van der Waals surface area contributed by atoms with Crippen LogP contribution in [0.2, 0.25) is 0 Å². The van der Waals surface area contributed by atoms with Crippen LogP contribution in [0.15, 0.2) is 100 Å². The summed E-state index contributed by atoms with van der Waals surface area (Å²) in [4.78, 5) is 24.5. The molecule has 0 aromatic carbocycles. The number of Topliss-reactive ketones (excluding diaryl/α,β-unsaturated/α-hetero) is 1. The number of aliphatic hydroxyl groups excluding tert-OH is 1. The number of ether oxygens (including phenoxy) is 2. The van der Waals surface area contributed by atoms with Crippen molar-refractivity contribution in [2.45, 2.75) is 137 Å². The number of esters is 1. The Kier molecular flexibility index (Phi) is 12.3. The van der Waals surface area contributed by atoms with Crippen molar-refractivity contribution in [1.82, 2.24) is 0 Å². The number of carbonyl (C=O) groups excluding carboxylic acids is 2. The van der Waals surface area contributed by atoms with Gasteiger partial charge in [0.05, 0.1) is 17.3 Å². The van der Waals surface area contributed by atoms with E-state index >= 15 is 0 Å². The molecule has 1 aliphatic heterocycles. The first kappa shape index (κ1) is 39.2. The third-order valence-electron chi connectivity index (χ3n) is 10.1. The Hall–Kier alpha value is -3.28. The van der Waals surface area contributed by atoms with E-state index in [0.29, 0.717) is 37.7 Å². The Morgan fingerprint density at radius 2 is 1.38 bits per heavy atom. The predicted octanol–water partition coefficient (Wildman–Crippen LogP) is 8.69. The SMILES string of the molecule is CC(=O)OC1CC(C)(C)C(=C=C/C(C)=C/C=C/C(C)=C/C=C/C=C(C)/C=C/C=C(\C)C(=O)C[C@@]23O[C@]2(C)C[C@@H](O)CC3(C)C)[C@](C)(O)C1. The zero-order valence-electron chi connectivity index (χ0n) is 31.1. The number of hydrogen-bond donors (Lipinski definition) is 2. The first-order valence-electron chi connectivity index (χ1n) is 17.1. The molecule has 1 unspecified atom stereocenters. The van der Waals surface area contributed by atoms with Crippen molar-refractivity contribution >= 4 is 11.8 Å². The minimum Gasteiger partial charge on any atom is -0.462 e. The molecule has 6 heteroatoms. The monoisotopic (exact) mass is 658 g/mol. The van der Waals surface area contributed by atoms with Crippen molar-refractivity contribution in [3.05, 3.63) is 100 Å². The lowest BCUT2D eigenvalue weighted by Gasteiger charge is -2.44. The summed E-state index contributed by atoms with van der Waals surface area (Å²) in [6.07, 6.45) is 23.6. The number of allylic oxidation sites excluding steroid dienone is 14. The normalized spacial score (nSPS) is 32.4. The second-order valence-electron chi connectivity index (χ2n) is 15.9. The third-order valence-corrected chi connectivity index (χ3v) is 10.1. The maximum Gasteiger partial charge on any atom is 0.302 e. The van der Waals surface area contributed by atoms with Gasteiger partial charge in [0.2, 0.25) is 0 Å². The van der Waals surface area contributed by atoms with Crippen LogP contribution in [0, 0.1) is 10.8 Å². The van der Waals surface area contributed by atoms with Crippen LogP contribution in [0.1, 0.15) is 108 Å². The number of ketones is 1. The minimum absolute atomic E-state index is 0.0816. The van der Waals surface area contributed by atoms with E-state index < -0.39 is 16.8 Å². The molecule has 2 saturated carbocycles. The summed E-state index contributed by atoms with van der Waals surface area (Å²) >= 11 is 0. The summed E-state index contributed by atoms with van der Waals surface area (Å²) in [5.41, 5.74) is 5.35. The molecule has 0 amide bonds. The van der Waals surface area contributed by atoms with Gasteiger partial charge in [-0.15, -0.1) is 5.73 Å². The molecule has 0 radical (unpaired) electrons. The van der Waals surface area contributed by atoms with E-state index in [2.05, 4.69) is 19.6 Å². The van der Waals surface area contributed by atoms with Crippen LogP contribution in [0.3, 0.4) is 0 Å². The molecular weight excluding hydrogens is 600 g/mol. The van der Waals surface area contributed by atoms with Gasteiger partial charge < -0.3 is 19.7 Å². The fraction of sp³-hybridized carbons (Fsp3) is 0.548. The minimum atomic E-state index is -1.11.